The van der Waals surface area contributed by atoms with Crippen molar-refractivity contribution in [1.29, 1.82) is 0 Å². The summed E-state index contributed by atoms with van der Waals surface area (Å²) < 4.78 is 0. The molecule has 0 bridgehead atoms. The van der Waals surface area contributed by atoms with Crippen LogP contribution < -0.4 is 0 Å². The summed E-state index contributed by atoms with van der Waals surface area (Å²) in [5.74, 6) is 0.934. The Kier molecular flexibility index (Phi) is 7.77. The molecule has 0 radical (unpaired) electrons. The molecule has 1 rings (SSSR count). The predicted molar refractivity (Wildman–Crippen MR) is 91.2 cm³/mol. The molecule has 0 aromatic carbocycles. The number of amides is 1. The van der Waals surface area contributed by atoms with E-state index in [4.69, 9.17) is 0 Å². The Bertz CT molecular complexity index is 362. The van der Waals surface area contributed by atoms with E-state index < -0.39 is 0 Å². The van der Waals surface area contributed by atoms with Gasteiger partial charge in [0.25, 0.3) is 0 Å². The van der Waals surface area contributed by atoms with E-state index in [1.165, 1.54) is 25.7 Å². The van der Waals surface area contributed by atoms with E-state index in [0.29, 0.717) is 5.92 Å². The van der Waals surface area contributed by atoms with Crippen LogP contribution in [0.2, 0.25) is 0 Å². The number of hydrogen-bond donors (Lipinski definition) is 0. The van der Waals surface area contributed by atoms with Gasteiger partial charge in [0.1, 0.15) is 0 Å². The van der Waals surface area contributed by atoms with Gasteiger partial charge < -0.3 is 4.90 Å². The third-order valence-corrected chi connectivity index (χ3v) is 4.00. The minimum absolute atomic E-state index is 0.270. The van der Waals surface area contributed by atoms with Crippen molar-refractivity contribution in [3.8, 4) is 0 Å². The van der Waals surface area contributed by atoms with Crippen LogP contribution in [0.15, 0.2) is 24.3 Å². The van der Waals surface area contributed by atoms with E-state index in [1.807, 2.05) is 25.7 Å². The molecule has 0 aliphatic heterocycles. The van der Waals surface area contributed by atoms with Crippen LogP contribution in [0.5, 0.6) is 0 Å². The van der Waals surface area contributed by atoms with Crippen LogP contribution >= 0.6 is 0 Å². The lowest BCUT2D eigenvalue weighted by Crippen LogP contribution is -2.40. The fourth-order valence-electron chi connectivity index (χ4n) is 2.68. The highest BCUT2D eigenvalue weighted by Crippen LogP contribution is 2.20. The highest BCUT2D eigenvalue weighted by atomic mass is 16.2. The zero-order chi connectivity index (χ0) is 15.7. The van der Waals surface area contributed by atoms with Crippen LogP contribution in [0.25, 0.3) is 0 Å². The molecule has 0 saturated heterocycles. The maximum Gasteiger partial charge on any atom is 0.228 e. The Morgan fingerprint density at radius 2 is 2.05 bits per heavy atom. The van der Waals surface area contributed by atoms with Crippen LogP contribution in [-0.2, 0) is 4.79 Å². The van der Waals surface area contributed by atoms with E-state index in [2.05, 4.69) is 31.2 Å². The van der Waals surface area contributed by atoms with Crippen LogP contribution in [-0.4, -0.2) is 23.9 Å². The summed E-state index contributed by atoms with van der Waals surface area (Å²) in [5.41, 5.74) is -0.284. The fraction of sp³-hybridized carbons (Fsp3) is 0.737. The van der Waals surface area contributed by atoms with E-state index in [1.54, 1.807) is 0 Å². The second-order valence-electron chi connectivity index (χ2n) is 7.18. The fourth-order valence-corrected chi connectivity index (χ4v) is 2.68. The van der Waals surface area contributed by atoms with Crippen LogP contribution in [0.3, 0.4) is 0 Å². The molecule has 0 fully saturated rings. The molecule has 0 spiro atoms. The van der Waals surface area contributed by atoms with Gasteiger partial charge in [-0.3, -0.25) is 4.79 Å². The average molecular weight is 291 g/mol. The maximum atomic E-state index is 12.5. The maximum absolute atomic E-state index is 12.5. The lowest BCUT2D eigenvalue weighted by molar-refractivity contribution is -0.139. The van der Waals surface area contributed by atoms with E-state index in [-0.39, 0.29) is 11.3 Å². The number of carbonyl (C=O) groups is 1. The molecule has 0 aromatic heterocycles. The molecule has 120 valence electrons. The summed E-state index contributed by atoms with van der Waals surface area (Å²) in [6.07, 6.45) is 16.2. The van der Waals surface area contributed by atoms with Crippen molar-refractivity contribution in [1.82, 2.24) is 4.90 Å². The van der Waals surface area contributed by atoms with Gasteiger partial charge in [-0.2, -0.15) is 0 Å². The lowest BCUT2D eigenvalue weighted by atomic mass is 9.93. The topological polar surface area (TPSA) is 20.3 Å². The van der Waals surface area contributed by atoms with Crippen LogP contribution in [0, 0.1) is 11.3 Å². The van der Waals surface area contributed by atoms with Gasteiger partial charge in [-0.25, -0.2) is 0 Å². The molecule has 21 heavy (non-hydrogen) atoms. The third kappa shape index (κ3) is 6.97. The first-order valence-electron chi connectivity index (χ1n) is 8.56. The largest absolute Gasteiger partial charge is 0.339 e. The number of hydrogen-bond acceptors (Lipinski definition) is 1. The van der Waals surface area contributed by atoms with Gasteiger partial charge in [0.15, 0.2) is 0 Å². The monoisotopic (exact) mass is 291 g/mol. The van der Waals surface area contributed by atoms with Crippen molar-refractivity contribution < 1.29 is 4.79 Å². The Morgan fingerprint density at radius 3 is 2.62 bits per heavy atom. The Morgan fingerprint density at radius 1 is 1.29 bits per heavy atom. The summed E-state index contributed by atoms with van der Waals surface area (Å²) in [7, 11) is 0. The van der Waals surface area contributed by atoms with Crippen molar-refractivity contribution >= 4 is 5.91 Å². The molecule has 2 heteroatoms. The molecular formula is C19H33NO. The minimum atomic E-state index is -0.284. The normalized spacial score (nSPS) is 19.1. The SMILES string of the molecule is CCCCCN(C/C=C\C1CC=CCC1)C(=O)C(C)(C)C. The van der Waals surface area contributed by atoms with Gasteiger partial charge >= 0.3 is 0 Å². The quantitative estimate of drug-likeness (QED) is 0.479. The standard InChI is InChI=1S/C19H33NO/c1-5-6-10-15-20(18(21)19(2,3)4)16-11-14-17-12-8-7-9-13-17/h7-8,11,14,17H,5-6,9-10,12-13,15-16H2,1-4H3/b14-11-. The highest BCUT2D eigenvalue weighted by molar-refractivity contribution is 5.81. The van der Waals surface area contributed by atoms with Gasteiger partial charge in [-0.15, -0.1) is 0 Å². The van der Waals surface area contributed by atoms with E-state index in [0.717, 1.165) is 25.9 Å². The summed E-state index contributed by atoms with van der Waals surface area (Å²) in [6.45, 7) is 9.89. The molecule has 2 nitrogen and oxygen atoms in total. The molecule has 0 heterocycles. The van der Waals surface area contributed by atoms with Crippen molar-refractivity contribution in [2.24, 2.45) is 11.3 Å². The van der Waals surface area contributed by atoms with Gasteiger partial charge in [-0.05, 0) is 31.6 Å². The molecule has 0 saturated carbocycles. The molecule has 1 aliphatic carbocycles. The van der Waals surface area contributed by atoms with Gasteiger partial charge in [-0.1, -0.05) is 64.8 Å². The number of carbonyl (C=O) groups excluding carboxylic acids is 1. The zero-order valence-corrected chi connectivity index (χ0v) is 14.4. The highest BCUT2D eigenvalue weighted by Gasteiger charge is 2.26. The molecule has 0 N–H and O–H groups in total. The van der Waals surface area contributed by atoms with Crippen molar-refractivity contribution in [2.45, 2.75) is 66.2 Å². The molecular weight excluding hydrogens is 258 g/mol. The van der Waals surface area contributed by atoms with E-state index >= 15 is 0 Å². The Hall–Kier alpha value is -1.05. The first kappa shape index (κ1) is 18.0. The van der Waals surface area contributed by atoms with Gasteiger partial charge in [0.2, 0.25) is 5.91 Å². The first-order valence-corrected chi connectivity index (χ1v) is 8.56. The van der Waals surface area contributed by atoms with Crippen molar-refractivity contribution in [3.63, 3.8) is 0 Å². The second-order valence-corrected chi connectivity index (χ2v) is 7.18. The number of nitrogens with zero attached hydrogens (tertiary/aromatic N) is 1. The van der Waals surface area contributed by atoms with Crippen molar-refractivity contribution in [3.05, 3.63) is 24.3 Å². The lowest BCUT2D eigenvalue weighted by Gasteiger charge is -2.29. The zero-order valence-electron chi connectivity index (χ0n) is 14.4. The summed E-state index contributed by atoms with van der Waals surface area (Å²) in [4.78, 5) is 14.6. The van der Waals surface area contributed by atoms with Gasteiger partial charge in [0, 0.05) is 18.5 Å². The van der Waals surface area contributed by atoms with E-state index in [9.17, 15) is 4.79 Å². The number of allylic oxidation sites excluding steroid dienone is 3. The first-order chi connectivity index (χ1) is 9.95. The van der Waals surface area contributed by atoms with Crippen LogP contribution in [0.1, 0.15) is 66.2 Å². The predicted octanol–water partition coefficient (Wildman–Crippen LogP) is 4.96. The Labute approximate surface area is 131 Å². The summed E-state index contributed by atoms with van der Waals surface area (Å²) in [5, 5.41) is 0. The van der Waals surface area contributed by atoms with Crippen molar-refractivity contribution in [2.75, 3.05) is 13.1 Å². The molecule has 0 aromatic rings. The Balaban J connectivity index is 2.53. The number of unbranched alkanes of at least 4 members (excludes halogenated alkanes) is 2. The molecule has 1 atom stereocenters. The summed E-state index contributed by atoms with van der Waals surface area (Å²) in [6, 6.07) is 0. The van der Waals surface area contributed by atoms with Gasteiger partial charge in [0.05, 0.1) is 0 Å². The second kappa shape index (κ2) is 9.07. The smallest absolute Gasteiger partial charge is 0.228 e. The molecule has 1 aliphatic rings. The third-order valence-electron chi connectivity index (χ3n) is 4.00. The summed E-state index contributed by atoms with van der Waals surface area (Å²) >= 11 is 0. The minimum Gasteiger partial charge on any atom is -0.339 e. The number of rotatable bonds is 7. The molecule has 1 unspecified atom stereocenters. The average Bonchev–Trinajstić information content (AvgIpc) is 2.45. The molecule has 1 amide bonds. The van der Waals surface area contributed by atoms with Crippen LogP contribution in [0.4, 0.5) is 0 Å².